The van der Waals surface area contributed by atoms with Crippen molar-refractivity contribution < 1.29 is 4.79 Å². The van der Waals surface area contributed by atoms with Crippen molar-refractivity contribution in [3.8, 4) is 0 Å². The Morgan fingerprint density at radius 1 is 1.16 bits per heavy atom. The smallest absolute Gasteiger partial charge is 0.251 e. The average molecular weight is 364 g/mol. The standard InChI is InChI=1S/C20H33N3OS/c1-14(2)22-20(24)17-6-5-7-19(12-17)21-13-16-8-10-18(11-9-16)23-25-15(3)4/h5-7,12,14-16,18,21,23H,8-11,13H2,1-4H3,(H,22,24)/t16-,18-. The largest absolute Gasteiger partial charge is 0.385 e. The number of carbonyl (C=O) groups is 1. The van der Waals surface area contributed by atoms with Gasteiger partial charge in [0, 0.05) is 35.1 Å². The Balaban J connectivity index is 1.76. The third-order valence-electron chi connectivity index (χ3n) is 4.46. The van der Waals surface area contributed by atoms with E-state index in [1.807, 2.05) is 50.1 Å². The molecule has 25 heavy (non-hydrogen) atoms. The molecule has 0 unspecified atom stereocenters. The van der Waals surface area contributed by atoms with E-state index in [9.17, 15) is 4.79 Å². The molecule has 140 valence electrons. The lowest BCUT2D eigenvalue weighted by molar-refractivity contribution is 0.0943. The summed E-state index contributed by atoms with van der Waals surface area (Å²) in [7, 11) is 0. The summed E-state index contributed by atoms with van der Waals surface area (Å²) in [6, 6.07) is 8.62. The molecule has 1 amide bonds. The number of rotatable bonds is 8. The minimum atomic E-state index is -0.00659. The van der Waals surface area contributed by atoms with Gasteiger partial charge in [0.25, 0.3) is 5.91 Å². The first kappa shape index (κ1) is 20.1. The van der Waals surface area contributed by atoms with Gasteiger partial charge in [0.05, 0.1) is 0 Å². The van der Waals surface area contributed by atoms with Crippen LogP contribution in [0.2, 0.25) is 0 Å². The molecule has 0 bridgehead atoms. The zero-order valence-corrected chi connectivity index (χ0v) is 16.8. The van der Waals surface area contributed by atoms with Crippen molar-refractivity contribution >= 4 is 23.5 Å². The second kappa shape index (κ2) is 10.1. The summed E-state index contributed by atoms with van der Waals surface area (Å²) >= 11 is 1.85. The van der Waals surface area contributed by atoms with Crippen LogP contribution in [0.4, 0.5) is 5.69 Å². The number of hydrogen-bond acceptors (Lipinski definition) is 4. The Bertz CT molecular complexity index is 539. The van der Waals surface area contributed by atoms with Gasteiger partial charge < -0.3 is 10.6 Å². The van der Waals surface area contributed by atoms with Gasteiger partial charge in [0.2, 0.25) is 0 Å². The zero-order valence-electron chi connectivity index (χ0n) is 16.0. The number of carbonyl (C=O) groups excluding carboxylic acids is 1. The highest BCUT2D eigenvalue weighted by Crippen LogP contribution is 2.26. The van der Waals surface area contributed by atoms with E-state index in [0.717, 1.165) is 23.7 Å². The van der Waals surface area contributed by atoms with Crippen LogP contribution >= 0.6 is 11.9 Å². The molecule has 1 saturated carbocycles. The molecule has 1 aromatic rings. The third-order valence-corrected chi connectivity index (χ3v) is 5.40. The molecule has 1 aromatic carbocycles. The fourth-order valence-electron chi connectivity index (χ4n) is 3.09. The van der Waals surface area contributed by atoms with Crippen LogP contribution in [0, 0.1) is 5.92 Å². The quantitative estimate of drug-likeness (QED) is 0.598. The van der Waals surface area contributed by atoms with Crippen LogP contribution < -0.4 is 15.4 Å². The predicted octanol–water partition coefficient (Wildman–Crippen LogP) is 4.44. The van der Waals surface area contributed by atoms with Crippen LogP contribution in [0.1, 0.15) is 63.7 Å². The Morgan fingerprint density at radius 3 is 2.52 bits per heavy atom. The molecule has 1 aliphatic carbocycles. The van der Waals surface area contributed by atoms with Crippen molar-refractivity contribution in [3.05, 3.63) is 29.8 Å². The maximum absolute atomic E-state index is 12.1. The Hall–Kier alpha value is -1.20. The first-order valence-corrected chi connectivity index (χ1v) is 10.4. The summed E-state index contributed by atoms with van der Waals surface area (Å²) < 4.78 is 3.60. The third kappa shape index (κ3) is 7.28. The van der Waals surface area contributed by atoms with Crippen molar-refractivity contribution in [3.63, 3.8) is 0 Å². The SMILES string of the molecule is CC(C)NC(=O)c1cccc(NC[C@H]2CC[C@H](NSC(C)C)CC2)c1. The molecule has 0 aliphatic heterocycles. The predicted molar refractivity (Wildman–Crippen MR) is 109 cm³/mol. The van der Waals surface area contributed by atoms with Crippen LogP contribution in [0.5, 0.6) is 0 Å². The van der Waals surface area contributed by atoms with Gasteiger partial charge in [0.1, 0.15) is 0 Å². The van der Waals surface area contributed by atoms with Crippen molar-refractivity contribution in [1.82, 2.24) is 10.0 Å². The van der Waals surface area contributed by atoms with Crippen LogP contribution in [0.3, 0.4) is 0 Å². The molecule has 1 fully saturated rings. The van der Waals surface area contributed by atoms with Crippen LogP contribution in [-0.4, -0.2) is 29.8 Å². The van der Waals surface area contributed by atoms with Crippen molar-refractivity contribution in [1.29, 1.82) is 0 Å². The first-order valence-electron chi connectivity index (χ1n) is 9.50. The lowest BCUT2D eigenvalue weighted by atomic mass is 9.86. The Kier molecular flexibility index (Phi) is 8.10. The fraction of sp³-hybridized carbons (Fsp3) is 0.650. The van der Waals surface area contributed by atoms with Gasteiger partial charge in [-0.05, 0) is 63.6 Å². The van der Waals surface area contributed by atoms with E-state index in [1.165, 1.54) is 25.7 Å². The Labute approximate surface area is 157 Å². The normalized spacial score (nSPS) is 20.7. The van der Waals surface area contributed by atoms with Gasteiger partial charge in [-0.1, -0.05) is 31.9 Å². The lowest BCUT2D eigenvalue weighted by Gasteiger charge is -2.29. The zero-order chi connectivity index (χ0) is 18.2. The van der Waals surface area contributed by atoms with Gasteiger partial charge >= 0.3 is 0 Å². The molecule has 0 heterocycles. The highest BCUT2D eigenvalue weighted by Gasteiger charge is 2.21. The number of hydrogen-bond donors (Lipinski definition) is 3. The maximum atomic E-state index is 12.1. The van der Waals surface area contributed by atoms with Crippen molar-refractivity contribution in [2.45, 2.75) is 70.7 Å². The molecule has 0 radical (unpaired) electrons. The summed E-state index contributed by atoms with van der Waals surface area (Å²) in [5.74, 6) is 0.711. The highest BCUT2D eigenvalue weighted by molar-refractivity contribution is 7.98. The van der Waals surface area contributed by atoms with Gasteiger partial charge in [-0.2, -0.15) is 0 Å². The number of amides is 1. The molecule has 5 heteroatoms. The number of nitrogens with one attached hydrogen (secondary N) is 3. The first-order chi connectivity index (χ1) is 11.9. The number of anilines is 1. The maximum Gasteiger partial charge on any atom is 0.251 e. The number of benzene rings is 1. The highest BCUT2D eigenvalue weighted by atomic mass is 32.2. The summed E-state index contributed by atoms with van der Waals surface area (Å²) in [4.78, 5) is 12.1. The summed E-state index contributed by atoms with van der Waals surface area (Å²) in [6.07, 6.45) is 5.03. The second-order valence-electron chi connectivity index (χ2n) is 7.59. The van der Waals surface area contributed by atoms with Gasteiger partial charge in [-0.25, -0.2) is 0 Å². The fourth-order valence-corrected chi connectivity index (χ4v) is 3.80. The lowest BCUT2D eigenvalue weighted by Crippen LogP contribution is -2.31. The molecular weight excluding hydrogens is 330 g/mol. The minimum absolute atomic E-state index is 0.00659. The van der Waals surface area contributed by atoms with E-state index < -0.39 is 0 Å². The molecule has 0 saturated heterocycles. The molecule has 0 aromatic heterocycles. The monoisotopic (exact) mass is 363 g/mol. The minimum Gasteiger partial charge on any atom is -0.385 e. The van der Waals surface area contributed by atoms with E-state index in [4.69, 9.17) is 0 Å². The van der Waals surface area contributed by atoms with Gasteiger partial charge in [0.15, 0.2) is 0 Å². The van der Waals surface area contributed by atoms with Crippen molar-refractivity contribution in [2.75, 3.05) is 11.9 Å². The summed E-state index contributed by atoms with van der Waals surface area (Å²) in [6.45, 7) is 9.39. The molecule has 4 nitrogen and oxygen atoms in total. The molecule has 0 atom stereocenters. The van der Waals surface area contributed by atoms with E-state index in [1.54, 1.807) is 0 Å². The average Bonchev–Trinajstić information content (AvgIpc) is 2.58. The topological polar surface area (TPSA) is 53.2 Å². The molecule has 3 N–H and O–H groups in total. The van der Waals surface area contributed by atoms with E-state index in [-0.39, 0.29) is 11.9 Å². The summed E-state index contributed by atoms with van der Waals surface area (Å²) in [5, 5.41) is 7.10. The Morgan fingerprint density at radius 2 is 1.88 bits per heavy atom. The van der Waals surface area contributed by atoms with Crippen LogP contribution in [0.25, 0.3) is 0 Å². The second-order valence-corrected chi connectivity index (χ2v) is 9.01. The van der Waals surface area contributed by atoms with Crippen molar-refractivity contribution in [2.24, 2.45) is 5.92 Å². The molecule has 1 aliphatic rings. The van der Waals surface area contributed by atoms with Gasteiger partial charge in [-0.3, -0.25) is 9.52 Å². The van der Waals surface area contributed by atoms with E-state index in [0.29, 0.717) is 11.3 Å². The van der Waals surface area contributed by atoms with E-state index >= 15 is 0 Å². The van der Waals surface area contributed by atoms with Crippen LogP contribution in [0.15, 0.2) is 24.3 Å². The summed E-state index contributed by atoms with van der Waals surface area (Å²) in [5.41, 5.74) is 1.75. The van der Waals surface area contributed by atoms with Crippen LogP contribution in [-0.2, 0) is 0 Å². The molecule has 0 spiro atoms. The van der Waals surface area contributed by atoms with Gasteiger partial charge in [-0.15, -0.1) is 0 Å². The molecular formula is C20H33N3OS. The molecule has 2 rings (SSSR count). The van der Waals surface area contributed by atoms with E-state index in [2.05, 4.69) is 29.2 Å².